The van der Waals surface area contributed by atoms with E-state index in [1.54, 1.807) is 0 Å². The molecule has 1 fully saturated rings. The summed E-state index contributed by atoms with van der Waals surface area (Å²) in [5.41, 5.74) is 3.12. The summed E-state index contributed by atoms with van der Waals surface area (Å²) in [7, 11) is 0. The van der Waals surface area contributed by atoms with Crippen LogP contribution in [0.25, 0.3) is 0 Å². The molecule has 2 rings (SSSR count). The van der Waals surface area contributed by atoms with Crippen LogP contribution in [-0.2, 0) is 0 Å². The summed E-state index contributed by atoms with van der Waals surface area (Å²) in [6.45, 7) is 12.6. The Kier molecular flexibility index (Phi) is 4.60. The third-order valence-electron chi connectivity index (χ3n) is 4.04. The zero-order chi connectivity index (χ0) is 14.9. The van der Waals surface area contributed by atoms with E-state index in [2.05, 4.69) is 31.7 Å². The van der Waals surface area contributed by atoms with Gasteiger partial charge in [-0.05, 0) is 46.2 Å². The fourth-order valence-electron chi connectivity index (χ4n) is 2.78. The molecule has 2 nitrogen and oxygen atoms in total. The number of carbonyl (C=O) groups excluding carboxylic acids is 1. The number of hydrogen-bond donors (Lipinski definition) is 0. The molecule has 1 aliphatic heterocycles. The summed E-state index contributed by atoms with van der Waals surface area (Å²) in [5.74, 6) is 1.37. The summed E-state index contributed by atoms with van der Waals surface area (Å²) in [4.78, 5) is 15.1. The molecule has 0 radical (unpaired) electrons. The van der Waals surface area contributed by atoms with Crippen molar-refractivity contribution >= 4 is 17.5 Å². The maximum Gasteiger partial charge on any atom is 0.179 e. The maximum absolute atomic E-state index is 12.8. The molecule has 1 atom stereocenters. The molecular formula is C17H25NOS. The van der Waals surface area contributed by atoms with Gasteiger partial charge in [-0.3, -0.25) is 9.69 Å². The number of rotatable bonds is 3. The van der Waals surface area contributed by atoms with E-state index in [1.807, 2.05) is 37.7 Å². The van der Waals surface area contributed by atoms with Crippen LogP contribution in [0.3, 0.4) is 0 Å². The average molecular weight is 291 g/mol. The van der Waals surface area contributed by atoms with Crippen molar-refractivity contribution in [1.29, 1.82) is 0 Å². The van der Waals surface area contributed by atoms with E-state index in [-0.39, 0.29) is 16.6 Å². The standard InChI is InChI=1S/C17H25NOS/c1-12-6-7-13(2)15(10-12)16(19)14(3)18-8-9-20-17(4,5)11-18/h6-7,10,14H,8-9,11H2,1-5H3. The summed E-state index contributed by atoms with van der Waals surface area (Å²) in [6.07, 6.45) is 0. The van der Waals surface area contributed by atoms with Crippen LogP contribution in [0, 0.1) is 13.8 Å². The van der Waals surface area contributed by atoms with Gasteiger partial charge in [-0.2, -0.15) is 11.8 Å². The topological polar surface area (TPSA) is 20.3 Å². The highest BCUT2D eigenvalue weighted by atomic mass is 32.2. The normalized spacial score (nSPS) is 20.6. The monoisotopic (exact) mass is 291 g/mol. The molecule has 1 heterocycles. The summed E-state index contributed by atoms with van der Waals surface area (Å²) in [6, 6.07) is 6.11. The molecule has 0 bridgehead atoms. The Morgan fingerprint density at radius 3 is 2.70 bits per heavy atom. The fraction of sp³-hybridized carbons (Fsp3) is 0.588. The Morgan fingerprint density at radius 2 is 2.05 bits per heavy atom. The Hall–Kier alpha value is -0.800. The zero-order valence-corrected chi connectivity index (χ0v) is 14.0. The number of aryl methyl sites for hydroxylation is 2. The molecule has 20 heavy (non-hydrogen) atoms. The lowest BCUT2D eigenvalue weighted by atomic mass is 9.97. The van der Waals surface area contributed by atoms with Crippen LogP contribution < -0.4 is 0 Å². The van der Waals surface area contributed by atoms with Gasteiger partial charge in [0.15, 0.2) is 5.78 Å². The predicted molar refractivity (Wildman–Crippen MR) is 87.8 cm³/mol. The molecule has 0 amide bonds. The van der Waals surface area contributed by atoms with E-state index >= 15 is 0 Å². The van der Waals surface area contributed by atoms with Crippen molar-refractivity contribution in [1.82, 2.24) is 4.90 Å². The van der Waals surface area contributed by atoms with E-state index in [1.165, 1.54) is 0 Å². The van der Waals surface area contributed by atoms with Gasteiger partial charge in [0.25, 0.3) is 0 Å². The SMILES string of the molecule is Cc1ccc(C)c(C(=O)C(C)N2CCSC(C)(C)C2)c1. The van der Waals surface area contributed by atoms with Crippen molar-refractivity contribution in [3.05, 3.63) is 34.9 Å². The van der Waals surface area contributed by atoms with Crippen molar-refractivity contribution in [2.45, 2.75) is 45.4 Å². The largest absolute Gasteiger partial charge is 0.292 e. The molecule has 0 saturated carbocycles. The molecule has 0 N–H and O–H groups in total. The maximum atomic E-state index is 12.8. The van der Waals surface area contributed by atoms with Crippen molar-refractivity contribution in [2.24, 2.45) is 0 Å². The van der Waals surface area contributed by atoms with Crippen molar-refractivity contribution in [3.8, 4) is 0 Å². The molecule has 1 aromatic carbocycles. The molecule has 1 unspecified atom stereocenters. The predicted octanol–water partition coefficient (Wildman–Crippen LogP) is 3.70. The number of benzene rings is 1. The highest BCUT2D eigenvalue weighted by Crippen LogP contribution is 2.31. The smallest absolute Gasteiger partial charge is 0.179 e. The lowest BCUT2D eigenvalue weighted by Crippen LogP contribution is -2.50. The Balaban J connectivity index is 2.18. The second-order valence-corrected chi connectivity index (χ2v) is 8.24. The van der Waals surface area contributed by atoms with Crippen LogP contribution in [0.15, 0.2) is 18.2 Å². The van der Waals surface area contributed by atoms with Gasteiger partial charge in [-0.1, -0.05) is 17.7 Å². The summed E-state index contributed by atoms with van der Waals surface area (Å²) in [5, 5.41) is 0. The van der Waals surface area contributed by atoms with Crippen molar-refractivity contribution in [2.75, 3.05) is 18.8 Å². The van der Waals surface area contributed by atoms with E-state index in [0.29, 0.717) is 0 Å². The first kappa shape index (κ1) is 15.6. The van der Waals surface area contributed by atoms with Crippen LogP contribution in [-0.4, -0.2) is 40.3 Å². The molecule has 110 valence electrons. The highest BCUT2D eigenvalue weighted by molar-refractivity contribution is 8.00. The Labute approximate surface area is 126 Å². The second kappa shape index (κ2) is 5.90. The number of carbonyl (C=O) groups is 1. The first-order valence-corrected chi connectivity index (χ1v) is 8.28. The van der Waals surface area contributed by atoms with Crippen molar-refractivity contribution in [3.63, 3.8) is 0 Å². The number of ketones is 1. The van der Waals surface area contributed by atoms with E-state index < -0.39 is 0 Å². The van der Waals surface area contributed by atoms with Gasteiger partial charge < -0.3 is 0 Å². The minimum absolute atomic E-state index is 0.0318. The molecule has 0 aliphatic carbocycles. The molecular weight excluding hydrogens is 266 g/mol. The van der Waals surface area contributed by atoms with Crippen LogP contribution in [0.2, 0.25) is 0 Å². The number of thioether (sulfide) groups is 1. The lowest BCUT2D eigenvalue weighted by molar-refractivity contribution is 0.0831. The van der Waals surface area contributed by atoms with Crippen LogP contribution in [0.5, 0.6) is 0 Å². The quantitative estimate of drug-likeness (QED) is 0.792. The zero-order valence-electron chi connectivity index (χ0n) is 13.2. The number of hydrogen-bond acceptors (Lipinski definition) is 3. The first-order valence-electron chi connectivity index (χ1n) is 7.30. The van der Waals surface area contributed by atoms with Gasteiger partial charge in [-0.25, -0.2) is 0 Å². The van der Waals surface area contributed by atoms with Gasteiger partial charge in [0.05, 0.1) is 6.04 Å². The van der Waals surface area contributed by atoms with Crippen LogP contribution in [0.1, 0.15) is 42.3 Å². The minimum Gasteiger partial charge on any atom is -0.292 e. The van der Waals surface area contributed by atoms with E-state index in [0.717, 1.165) is 35.5 Å². The van der Waals surface area contributed by atoms with Crippen LogP contribution >= 0.6 is 11.8 Å². The number of nitrogens with zero attached hydrogens (tertiary/aromatic N) is 1. The molecule has 0 spiro atoms. The van der Waals surface area contributed by atoms with Gasteiger partial charge >= 0.3 is 0 Å². The first-order chi connectivity index (χ1) is 9.30. The lowest BCUT2D eigenvalue weighted by Gasteiger charge is -2.40. The van der Waals surface area contributed by atoms with E-state index in [4.69, 9.17) is 0 Å². The van der Waals surface area contributed by atoms with Gasteiger partial charge in [0.1, 0.15) is 0 Å². The van der Waals surface area contributed by atoms with E-state index in [9.17, 15) is 4.79 Å². The van der Waals surface area contributed by atoms with Crippen molar-refractivity contribution < 1.29 is 4.79 Å². The second-order valence-electron chi connectivity index (χ2n) is 6.44. The third-order valence-corrected chi connectivity index (χ3v) is 5.34. The summed E-state index contributed by atoms with van der Waals surface area (Å²) < 4.78 is 0.244. The minimum atomic E-state index is -0.0318. The van der Waals surface area contributed by atoms with Gasteiger partial charge in [-0.15, -0.1) is 0 Å². The Bertz CT molecular complexity index is 510. The fourth-order valence-corrected chi connectivity index (χ4v) is 3.91. The third kappa shape index (κ3) is 3.44. The Morgan fingerprint density at radius 1 is 1.35 bits per heavy atom. The highest BCUT2D eigenvalue weighted by Gasteiger charge is 2.32. The van der Waals surface area contributed by atoms with Gasteiger partial charge in [0.2, 0.25) is 0 Å². The number of Topliss-reactive ketones (excluding diaryl/α,β-unsaturated/α-hetero) is 1. The summed E-state index contributed by atoms with van der Waals surface area (Å²) >= 11 is 2.00. The molecule has 1 aromatic rings. The molecule has 1 aliphatic rings. The molecule has 3 heteroatoms. The van der Waals surface area contributed by atoms with Crippen LogP contribution in [0.4, 0.5) is 0 Å². The average Bonchev–Trinajstić information content (AvgIpc) is 2.38. The van der Waals surface area contributed by atoms with Gasteiger partial charge in [0, 0.05) is 29.2 Å². The molecule has 0 aromatic heterocycles. The molecule has 1 saturated heterocycles.